The summed E-state index contributed by atoms with van der Waals surface area (Å²) in [6.07, 6.45) is 0.868. The van der Waals surface area contributed by atoms with Gasteiger partial charge in [0.2, 0.25) is 5.82 Å². The van der Waals surface area contributed by atoms with Crippen molar-refractivity contribution < 1.29 is 14.2 Å². The van der Waals surface area contributed by atoms with Crippen LogP contribution in [0.15, 0.2) is 53.1 Å². The van der Waals surface area contributed by atoms with Crippen LogP contribution in [0.1, 0.15) is 18.4 Å². The van der Waals surface area contributed by atoms with Gasteiger partial charge in [-0.25, -0.2) is 0 Å². The molecule has 1 atom stereocenters. The van der Waals surface area contributed by atoms with Crippen molar-refractivity contribution in [2.75, 3.05) is 18.9 Å². The Labute approximate surface area is 163 Å². The van der Waals surface area contributed by atoms with Crippen LogP contribution in [0.5, 0.6) is 0 Å². The maximum Gasteiger partial charge on any atom is 0.282 e. The molecule has 0 spiro atoms. The maximum absolute atomic E-state index is 12.3. The number of anilines is 1. The largest absolute Gasteiger partial charge is 0.333 e. The van der Waals surface area contributed by atoms with E-state index in [1.165, 1.54) is 0 Å². The summed E-state index contributed by atoms with van der Waals surface area (Å²) >= 11 is 6.00. The highest BCUT2D eigenvalue weighted by atomic mass is 35.5. The molecule has 0 aliphatic rings. The Hall–Kier alpha value is -2.70. The zero-order chi connectivity index (χ0) is 19.2. The number of para-hydroxylation sites is 1. The first-order valence-corrected chi connectivity index (χ1v) is 9.20. The van der Waals surface area contributed by atoms with Gasteiger partial charge in [-0.05, 0) is 30.2 Å². The third-order valence-corrected chi connectivity index (χ3v) is 4.37. The Morgan fingerprint density at radius 1 is 1.22 bits per heavy atom. The highest BCUT2D eigenvalue weighted by Gasteiger charge is 2.16. The first-order valence-electron chi connectivity index (χ1n) is 8.82. The second-order valence-electron chi connectivity index (χ2n) is 6.39. The summed E-state index contributed by atoms with van der Waals surface area (Å²) in [7, 11) is 1.91. The molecule has 1 aromatic heterocycles. The molecule has 2 aromatic carbocycles. The van der Waals surface area contributed by atoms with E-state index in [4.69, 9.17) is 16.1 Å². The Morgan fingerprint density at radius 2 is 2.04 bits per heavy atom. The number of nitrogens with one attached hydrogen (secondary N) is 2. The van der Waals surface area contributed by atoms with Crippen LogP contribution in [0.25, 0.3) is 11.4 Å². The number of rotatable bonds is 7. The summed E-state index contributed by atoms with van der Waals surface area (Å²) in [5, 5.41) is 7.58. The molecule has 0 saturated carbocycles. The van der Waals surface area contributed by atoms with Gasteiger partial charge in [0.15, 0.2) is 13.1 Å². The van der Waals surface area contributed by atoms with Crippen LogP contribution in [0, 0.1) is 0 Å². The number of hydrogen-bond donors (Lipinski definition) is 2. The third kappa shape index (κ3) is 5.15. The molecular formula is C20H22ClN4O2+. The summed E-state index contributed by atoms with van der Waals surface area (Å²) in [6, 6.07) is 15.1. The molecule has 3 aromatic rings. The number of carbonyl (C=O) groups excluding carboxylic acids is 1. The maximum atomic E-state index is 12.3. The molecule has 0 radical (unpaired) electrons. The molecule has 140 valence electrons. The van der Waals surface area contributed by atoms with E-state index in [9.17, 15) is 4.79 Å². The smallest absolute Gasteiger partial charge is 0.282 e. The second-order valence-corrected chi connectivity index (χ2v) is 6.83. The van der Waals surface area contributed by atoms with Crippen molar-refractivity contribution >= 4 is 23.2 Å². The predicted octanol–water partition coefficient (Wildman–Crippen LogP) is 2.61. The van der Waals surface area contributed by atoms with E-state index in [0.717, 1.165) is 28.1 Å². The lowest BCUT2D eigenvalue weighted by atomic mass is 10.1. The molecule has 3 rings (SSSR count). The monoisotopic (exact) mass is 385 g/mol. The number of likely N-dealkylation sites (N-methyl/N-ethyl adjacent to an activating group) is 1. The molecule has 6 nitrogen and oxygen atoms in total. The number of benzene rings is 2. The average molecular weight is 386 g/mol. The quantitative estimate of drug-likeness (QED) is 0.655. The lowest BCUT2D eigenvalue weighted by molar-refractivity contribution is -0.886. The second kappa shape index (κ2) is 8.79. The van der Waals surface area contributed by atoms with Crippen LogP contribution in [0.4, 0.5) is 5.69 Å². The number of aryl methyl sites for hydroxylation is 1. The van der Waals surface area contributed by atoms with Gasteiger partial charge in [-0.15, -0.1) is 0 Å². The van der Waals surface area contributed by atoms with Crippen LogP contribution in [0.2, 0.25) is 5.02 Å². The van der Waals surface area contributed by atoms with E-state index in [1.54, 1.807) is 12.1 Å². The van der Waals surface area contributed by atoms with E-state index in [-0.39, 0.29) is 5.91 Å². The highest BCUT2D eigenvalue weighted by Crippen LogP contribution is 2.19. The van der Waals surface area contributed by atoms with E-state index in [1.807, 2.05) is 43.4 Å². The molecule has 0 saturated heterocycles. The third-order valence-electron chi connectivity index (χ3n) is 4.14. The Morgan fingerprint density at radius 3 is 2.81 bits per heavy atom. The zero-order valence-electron chi connectivity index (χ0n) is 15.3. The van der Waals surface area contributed by atoms with Gasteiger partial charge in [0.25, 0.3) is 11.8 Å². The Kier molecular flexibility index (Phi) is 6.21. The summed E-state index contributed by atoms with van der Waals surface area (Å²) in [4.78, 5) is 17.7. The molecule has 1 heterocycles. The molecule has 2 N–H and O–H groups in total. The van der Waals surface area contributed by atoms with Gasteiger partial charge in [-0.2, -0.15) is 4.98 Å². The minimum Gasteiger partial charge on any atom is -0.333 e. The lowest BCUT2D eigenvalue weighted by Gasteiger charge is -2.13. The van der Waals surface area contributed by atoms with E-state index >= 15 is 0 Å². The number of quaternary nitrogens is 1. The van der Waals surface area contributed by atoms with E-state index in [2.05, 4.69) is 22.4 Å². The minimum atomic E-state index is -0.0528. The first kappa shape index (κ1) is 19.1. The molecule has 0 fully saturated rings. The Balaban J connectivity index is 1.58. The molecular weight excluding hydrogens is 364 g/mol. The molecule has 27 heavy (non-hydrogen) atoms. The first-order chi connectivity index (χ1) is 13.0. The number of halogens is 1. The van der Waals surface area contributed by atoms with E-state index < -0.39 is 0 Å². The van der Waals surface area contributed by atoms with E-state index in [0.29, 0.717) is 29.8 Å². The minimum absolute atomic E-state index is 0.0528. The number of carbonyl (C=O) groups is 1. The van der Waals surface area contributed by atoms with Gasteiger partial charge in [-0.1, -0.05) is 54.0 Å². The van der Waals surface area contributed by atoms with Gasteiger partial charge in [0, 0.05) is 16.3 Å². The molecule has 1 amide bonds. The SMILES string of the molecule is CCc1ccccc1NC(=O)C[NH+](C)Cc1nc(-c2cccc(Cl)c2)no1. The van der Waals surface area contributed by atoms with Crippen molar-refractivity contribution in [3.63, 3.8) is 0 Å². The van der Waals surface area contributed by atoms with Gasteiger partial charge in [0.05, 0.1) is 7.05 Å². The fourth-order valence-corrected chi connectivity index (χ4v) is 3.00. The number of amides is 1. The summed E-state index contributed by atoms with van der Waals surface area (Å²) < 4.78 is 5.31. The van der Waals surface area contributed by atoms with Crippen LogP contribution >= 0.6 is 11.6 Å². The normalized spacial score (nSPS) is 12.0. The number of hydrogen-bond acceptors (Lipinski definition) is 4. The van der Waals surface area contributed by atoms with Gasteiger partial charge >= 0.3 is 0 Å². The fraction of sp³-hybridized carbons (Fsp3) is 0.250. The summed E-state index contributed by atoms with van der Waals surface area (Å²) in [6.45, 7) is 2.82. The summed E-state index contributed by atoms with van der Waals surface area (Å²) in [5.41, 5.74) is 2.77. The van der Waals surface area contributed by atoms with Crippen molar-refractivity contribution in [1.82, 2.24) is 10.1 Å². The topological polar surface area (TPSA) is 72.5 Å². The van der Waals surface area contributed by atoms with Crippen LogP contribution in [0.3, 0.4) is 0 Å². The standard InChI is InChI=1S/C20H21ClN4O2/c1-3-14-7-4-5-10-17(14)22-18(26)12-25(2)13-19-23-20(24-27-19)15-8-6-9-16(21)11-15/h4-11H,3,12-13H2,1-2H3,(H,22,26)/p+1. The molecule has 0 bridgehead atoms. The van der Waals surface area contributed by atoms with Gasteiger partial charge < -0.3 is 14.7 Å². The van der Waals surface area contributed by atoms with Crippen molar-refractivity contribution in [3.8, 4) is 11.4 Å². The van der Waals surface area contributed by atoms with Crippen molar-refractivity contribution in [3.05, 3.63) is 65.0 Å². The summed E-state index contributed by atoms with van der Waals surface area (Å²) in [5.74, 6) is 0.911. The number of nitrogens with zero attached hydrogens (tertiary/aromatic N) is 2. The molecule has 0 aliphatic carbocycles. The average Bonchev–Trinajstić information content (AvgIpc) is 3.10. The zero-order valence-corrected chi connectivity index (χ0v) is 16.1. The van der Waals surface area contributed by atoms with Crippen molar-refractivity contribution in [2.45, 2.75) is 19.9 Å². The molecule has 1 unspecified atom stereocenters. The Bertz CT molecular complexity index is 926. The van der Waals surface area contributed by atoms with Crippen molar-refractivity contribution in [2.24, 2.45) is 0 Å². The number of aromatic nitrogens is 2. The molecule has 0 aliphatic heterocycles. The van der Waals surface area contributed by atoms with Gasteiger partial charge in [-0.3, -0.25) is 4.79 Å². The van der Waals surface area contributed by atoms with Crippen LogP contribution in [-0.4, -0.2) is 29.6 Å². The predicted molar refractivity (Wildman–Crippen MR) is 105 cm³/mol. The highest BCUT2D eigenvalue weighted by molar-refractivity contribution is 6.30. The lowest BCUT2D eigenvalue weighted by Crippen LogP contribution is -3.08. The van der Waals surface area contributed by atoms with Crippen LogP contribution < -0.4 is 10.2 Å². The van der Waals surface area contributed by atoms with Gasteiger partial charge in [0.1, 0.15) is 0 Å². The van der Waals surface area contributed by atoms with Crippen LogP contribution in [-0.2, 0) is 17.8 Å². The molecule has 7 heteroatoms. The van der Waals surface area contributed by atoms with Crippen molar-refractivity contribution in [1.29, 1.82) is 0 Å². The fourth-order valence-electron chi connectivity index (χ4n) is 2.81.